The Morgan fingerprint density at radius 3 is 3.00 bits per heavy atom. The van der Waals surface area contributed by atoms with Gasteiger partial charge in [-0.1, -0.05) is 0 Å². The predicted octanol–water partition coefficient (Wildman–Crippen LogP) is 0.362. The average Bonchev–Trinajstić information content (AvgIpc) is 2.62. The summed E-state index contributed by atoms with van der Waals surface area (Å²) >= 11 is 0. The molecule has 1 saturated heterocycles. The van der Waals surface area contributed by atoms with E-state index in [9.17, 15) is 0 Å². The number of aromatic nitrogens is 1. The Bertz CT molecular complexity index is 417. The summed E-state index contributed by atoms with van der Waals surface area (Å²) in [6.07, 6.45) is 0. The predicted molar refractivity (Wildman–Crippen MR) is 71.1 cm³/mol. The van der Waals surface area contributed by atoms with E-state index < -0.39 is 0 Å². The van der Waals surface area contributed by atoms with Crippen LogP contribution in [0.4, 0.5) is 5.82 Å². The number of hydrogen-bond acceptors (Lipinski definition) is 5. The van der Waals surface area contributed by atoms with Crippen LogP contribution in [0.1, 0.15) is 12.5 Å². The van der Waals surface area contributed by atoms with E-state index in [2.05, 4.69) is 39.6 Å². The molecule has 0 saturated carbocycles. The van der Waals surface area contributed by atoms with E-state index >= 15 is 0 Å². The number of anilines is 1. The highest BCUT2D eigenvalue weighted by Crippen LogP contribution is 2.23. The molecule has 0 aliphatic carbocycles. The first kappa shape index (κ1) is 11.7. The van der Waals surface area contributed by atoms with Crippen LogP contribution in [0, 0.1) is 0 Å². The van der Waals surface area contributed by atoms with Gasteiger partial charge in [-0.25, -0.2) is 0 Å². The second kappa shape index (κ2) is 5.12. The number of nitrogens with one attached hydrogen (secondary N) is 2. The molecule has 0 bridgehead atoms. The molecule has 2 N–H and O–H groups in total. The zero-order valence-corrected chi connectivity index (χ0v) is 10.8. The van der Waals surface area contributed by atoms with Gasteiger partial charge in [0, 0.05) is 44.3 Å². The zero-order chi connectivity index (χ0) is 12.4. The summed E-state index contributed by atoms with van der Waals surface area (Å²) in [5.74, 6) is 1.83. The number of fused-ring (bicyclic) bond motifs is 1. The van der Waals surface area contributed by atoms with E-state index in [4.69, 9.17) is 4.74 Å². The van der Waals surface area contributed by atoms with Crippen LogP contribution in [0.5, 0.6) is 5.88 Å². The van der Waals surface area contributed by atoms with Gasteiger partial charge in [0.2, 0.25) is 5.88 Å². The van der Waals surface area contributed by atoms with Crippen molar-refractivity contribution in [1.82, 2.24) is 15.6 Å². The number of ether oxygens (including phenoxy) is 1. The van der Waals surface area contributed by atoms with Crippen molar-refractivity contribution in [1.29, 1.82) is 0 Å². The SMILES string of the molecule is CC1COc2nc(N3CCNCC3)ccc2CN1. The summed E-state index contributed by atoms with van der Waals surface area (Å²) in [4.78, 5) is 6.97. The molecule has 3 rings (SSSR count). The van der Waals surface area contributed by atoms with Crippen LogP contribution in [-0.2, 0) is 6.54 Å². The van der Waals surface area contributed by atoms with Crippen LogP contribution in [0.15, 0.2) is 12.1 Å². The zero-order valence-electron chi connectivity index (χ0n) is 10.8. The van der Waals surface area contributed by atoms with Gasteiger partial charge in [-0.3, -0.25) is 0 Å². The topological polar surface area (TPSA) is 49.4 Å². The van der Waals surface area contributed by atoms with Crippen molar-refractivity contribution in [2.45, 2.75) is 19.5 Å². The number of piperazine rings is 1. The molecule has 1 atom stereocenters. The van der Waals surface area contributed by atoms with Gasteiger partial charge in [-0.05, 0) is 19.1 Å². The minimum absolute atomic E-state index is 0.377. The van der Waals surface area contributed by atoms with Gasteiger partial charge in [0.25, 0.3) is 0 Å². The second-order valence-corrected chi connectivity index (χ2v) is 4.96. The molecular formula is C13H20N4O. The molecule has 3 heterocycles. The molecule has 2 aliphatic heterocycles. The molecule has 1 unspecified atom stereocenters. The van der Waals surface area contributed by atoms with Gasteiger partial charge in [-0.2, -0.15) is 4.98 Å². The molecule has 18 heavy (non-hydrogen) atoms. The molecule has 5 heteroatoms. The first-order chi connectivity index (χ1) is 8.83. The minimum atomic E-state index is 0.377. The summed E-state index contributed by atoms with van der Waals surface area (Å²) < 4.78 is 5.78. The Hall–Kier alpha value is -1.33. The van der Waals surface area contributed by atoms with Crippen molar-refractivity contribution in [3.8, 4) is 5.88 Å². The van der Waals surface area contributed by atoms with Crippen molar-refractivity contribution < 1.29 is 4.74 Å². The second-order valence-electron chi connectivity index (χ2n) is 4.96. The van der Waals surface area contributed by atoms with E-state index in [1.54, 1.807) is 0 Å². The van der Waals surface area contributed by atoms with Crippen molar-refractivity contribution in [2.24, 2.45) is 0 Å². The fourth-order valence-corrected chi connectivity index (χ4v) is 2.34. The fraction of sp³-hybridized carbons (Fsp3) is 0.615. The Morgan fingerprint density at radius 1 is 1.33 bits per heavy atom. The van der Waals surface area contributed by atoms with Gasteiger partial charge >= 0.3 is 0 Å². The smallest absolute Gasteiger partial charge is 0.219 e. The third-order valence-electron chi connectivity index (χ3n) is 3.48. The Morgan fingerprint density at radius 2 is 2.17 bits per heavy atom. The lowest BCUT2D eigenvalue weighted by molar-refractivity contribution is 0.278. The quantitative estimate of drug-likeness (QED) is 0.751. The van der Waals surface area contributed by atoms with E-state index in [1.165, 1.54) is 0 Å². The normalized spacial score (nSPS) is 24.1. The highest BCUT2D eigenvalue weighted by atomic mass is 16.5. The summed E-state index contributed by atoms with van der Waals surface area (Å²) in [5.41, 5.74) is 1.15. The average molecular weight is 248 g/mol. The van der Waals surface area contributed by atoms with Gasteiger partial charge < -0.3 is 20.3 Å². The van der Waals surface area contributed by atoms with Crippen LogP contribution in [0.2, 0.25) is 0 Å². The Labute approximate surface area is 108 Å². The van der Waals surface area contributed by atoms with Crippen LogP contribution in [-0.4, -0.2) is 43.8 Å². The molecule has 98 valence electrons. The van der Waals surface area contributed by atoms with E-state index in [0.717, 1.165) is 50.0 Å². The van der Waals surface area contributed by atoms with E-state index in [-0.39, 0.29) is 0 Å². The molecule has 0 spiro atoms. The fourth-order valence-electron chi connectivity index (χ4n) is 2.34. The van der Waals surface area contributed by atoms with Gasteiger partial charge in [-0.15, -0.1) is 0 Å². The maximum absolute atomic E-state index is 5.78. The lowest BCUT2D eigenvalue weighted by Gasteiger charge is -2.28. The molecular weight excluding hydrogens is 228 g/mol. The van der Waals surface area contributed by atoms with Crippen molar-refractivity contribution in [3.63, 3.8) is 0 Å². The molecule has 0 amide bonds. The van der Waals surface area contributed by atoms with Crippen molar-refractivity contribution >= 4 is 5.82 Å². The monoisotopic (exact) mass is 248 g/mol. The maximum atomic E-state index is 5.78. The van der Waals surface area contributed by atoms with Crippen LogP contribution >= 0.6 is 0 Å². The van der Waals surface area contributed by atoms with Crippen LogP contribution < -0.4 is 20.3 Å². The molecule has 1 aromatic heterocycles. The van der Waals surface area contributed by atoms with Crippen LogP contribution in [0.25, 0.3) is 0 Å². The number of rotatable bonds is 1. The summed E-state index contributed by atoms with van der Waals surface area (Å²) in [7, 11) is 0. The summed E-state index contributed by atoms with van der Waals surface area (Å²) in [6, 6.07) is 4.61. The van der Waals surface area contributed by atoms with Gasteiger partial charge in [0.15, 0.2) is 0 Å². The summed E-state index contributed by atoms with van der Waals surface area (Å²) in [6.45, 7) is 7.73. The number of hydrogen-bond donors (Lipinski definition) is 2. The largest absolute Gasteiger partial charge is 0.476 e. The van der Waals surface area contributed by atoms with Crippen molar-refractivity contribution in [3.05, 3.63) is 17.7 Å². The Kier molecular flexibility index (Phi) is 3.34. The lowest BCUT2D eigenvalue weighted by atomic mass is 10.2. The molecule has 1 fully saturated rings. The molecule has 5 nitrogen and oxygen atoms in total. The highest BCUT2D eigenvalue weighted by molar-refractivity contribution is 5.44. The Balaban J connectivity index is 1.81. The summed E-state index contributed by atoms with van der Waals surface area (Å²) in [5, 5.41) is 6.76. The molecule has 2 aliphatic rings. The van der Waals surface area contributed by atoms with Crippen LogP contribution in [0.3, 0.4) is 0 Å². The lowest BCUT2D eigenvalue weighted by Crippen LogP contribution is -2.43. The van der Waals surface area contributed by atoms with Gasteiger partial charge in [0.1, 0.15) is 12.4 Å². The van der Waals surface area contributed by atoms with Crippen molar-refractivity contribution in [2.75, 3.05) is 37.7 Å². The minimum Gasteiger partial charge on any atom is -0.476 e. The van der Waals surface area contributed by atoms with E-state index in [1.807, 2.05) is 0 Å². The maximum Gasteiger partial charge on any atom is 0.219 e. The number of nitrogens with zero attached hydrogens (tertiary/aromatic N) is 2. The molecule has 0 radical (unpaired) electrons. The van der Waals surface area contributed by atoms with Gasteiger partial charge in [0.05, 0.1) is 0 Å². The highest BCUT2D eigenvalue weighted by Gasteiger charge is 2.17. The van der Waals surface area contributed by atoms with E-state index in [0.29, 0.717) is 12.6 Å². The first-order valence-electron chi connectivity index (χ1n) is 6.65. The number of pyridine rings is 1. The third kappa shape index (κ3) is 2.42. The molecule has 1 aromatic rings. The third-order valence-corrected chi connectivity index (χ3v) is 3.48. The first-order valence-corrected chi connectivity index (χ1v) is 6.65. The standard InChI is InChI=1S/C13H20N4O/c1-10-9-18-13-11(8-15-10)2-3-12(16-13)17-6-4-14-5-7-17/h2-3,10,14-15H,4-9H2,1H3. The molecule has 0 aromatic carbocycles.